The first-order valence-corrected chi connectivity index (χ1v) is 3.54. The fraction of sp³-hybridized carbons (Fsp3) is 0.125. The van der Waals surface area contributed by atoms with E-state index >= 15 is 0 Å². The van der Waals surface area contributed by atoms with Gasteiger partial charge in [0.25, 0.3) is 0 Å². The van der Waals surface area contributed by atoms with Crippen molar-refractivity contribution in [1.82, 2.24) is 4.98 Å². The van der Waals surface area contributed by atoms with Crippen molar-refractivity contribution in [3.63, 3.8) is 0 Å². The molecule has 11 heavy (non-hydrogen) atoms. The first-order valence-electron chi connectivity index (χ1n) is 3.16. The lowest BCUT2D eigenvalue weighted by molar-refractivity contribution is 0.229. The molecule has 0 radical (unpaired) electrons. The Kier molecular flexibility index (Phi) is 2.63. The van der Waals surface area contributed by atoms with E-state index in [1.165, 1.54) is 6.08 Å². The highest BCUT2D eigenvalue weighted by molar-refractivity contribution is 6.30. The van der Waals surface area contributed by atoms with Crippen LogP contribution >= 0.6 is 11.6 Å². The normalized spacial score (nSPS) is 12.5. The zero-order valence-corrected chi connectivity index (χ0v) is 6.62. The highest BCUT2D eigenvalue weighted by Crippen LogP contribution is 2.20. The van der Waals surface area contributed by atoms with Gasteiger partial charge in [-0.05, 0) is 6.07 Å². The van der Waals surface area contributed by atoms with Gasteiger partial charge in [-0.1, -0.05) is 23.7 Å². The van der Waals surface area contributed by atoms with Gasteiger partial charge in [0.05, 0.1) is 6.10 Å². The lowest BCUT2D eigenvalue weighted by Gasteiger charge is -2.05. The molecular formula is C8H8ClNO. The molecule has 1 aromatic rings. The molecule has 0 aliphatic heterocycles. The molecule has 1 unspecified atom stereocenters. The van der Waals surface area contributed by atoms with Gasteiger partial charge < -0.3 is 5.11 Å². The standard InChI is InChI=1S/C8H8ClNO/c1-2-7(11)6-4-3-5-10-8(6)9/h2-5,7,11H,1H2. The number of hydrogen-bond acceptors (Lipinski definition) is 2. The van der Waals surface area contributed by atoms with E-state index in [9.17, 15) is 5.11 Å². The molecule has 0 saturated carbocycles. The molecule has 0 spiro atoms. The number of hydrogen-bond donors (Lipinski definition) is 1. The molecule has 58 valence electrons. The molecule has 0 saturated heterocycles. The van der Waals surface area contributed by atoms with Crippen LogP contribution in [0.15, 0.2) is 31.0 Å². The Bertz CT molecular complexity index is 262. The summed E-state index contributed by atoms with van der Waals surface area (Å²) in [5.41, 5.74) is 0.587. The van der Waals surface area contributed by atoms with Gasteiger partial charge in [0.1, 0.15) is 5.15 Å². The number of aromatic nitrogens is 1. The van der Waals surface area contributed by atoms with Gasteiger partial charge in [-0.25, -0.2) is 4.98 Å². The van der Waals surface area contributed by atoms with Gasteiger partial charge in [0.2, 0.25) is 0 Å². The van der Waals surface area contributed by atoms with Crippen molar-refractivity contribution in [2.45, 2.75) is 6.10 Å². The Morgan fingerprint density at radius 3 is 3.00 bits per heavy atom. The van der Waals surface area contributed by atoms with Crippen LogP contribution in [0.2, 0.25) is 5.15 Å². The molecule has 0 fully saturated rings. The van der Waals surface area contributed by atoms with Gasteiger partial charge in [-0.15, -0.1) is 6.58 Å². The second-order valence-electron chi connectivity index (χ2n) is 2.06. The number of aliphatic hydroxyl groups is 1. The monoisotopic (exact) mass is 169 g/mol. The highest BCUT2D eigenvalue weighted by Gasteiger charge is 2.06. The van der Waals surface area contributed by atoms with Crippen LogP contribution in [0, 0.1) is 0 Å². The summed E-state index contributed by atoms with van der Waals surface area (Å²) >= 11 is 5.68. The zero-order chi connectivity index (χ0) is 8.27. The van der Waals surface area contributed by atoms with Crippen LogP contribution in [0.1, 0.15) is 11.7 Å². The molecule has 0 amide bonds. The Morgan fingerprint density at radius 1 is 1.73 bits per heavy atom. The minimum atomic E-state index is -0.726. The predicted octanol–water partition coefficient (Wildman–Crippen LogP) is 1.95. The minimum Gasteiger partial charge on any atom is -0.384 e. The van der Waals surface area contributed by atoms with Crippen molar-refractivity contribution in [2.24, 2.45) is 0 Å². The molecule has 1 atom stereocenters. The molecule has 2 nitrogen and oxygen atoms in total. The maximum absolute atomic E-state index is 9.27. The second kappa shape index (κ2) is 3.51. The van der Waals surface area contributed by atoms with Gasteiger partial charge in [0, 0.05) is 11.8 Å². The zero-order valence-electron chi connectivity index (χ0n) is 5.87. The summed E-state index contributed by atoms with van der Waals surface area (Å²) in [6.45, 7) is 3.44. The summed E-state index contributed by atoms with van der Waals surface area (Å²) < 4.78 is 0. The van der Waals surface area contributed by atoms with E-state index in [1.807, 2.05) is 0 Å². The third kappa shape index (κ3) is 1.79. The molecule has 0 aromatic carbocycles. The van der Waals surface area contributed by atoms with Crippen LogP contribution in [-0.2, 0) is 0 Å². The van der Waals surface area contributed by atoms with Gasteiger partial charge in [-0.2, -0.15) is 0 Å². The third-order valence-corrected chi connectivity index (χ3v) is 1.65. The first kappa shape index (κ1) is 8.24. The van der Waals surface area contributed by atoms with Crippen molar-refractivity contribution in [3.8, 4) is 0 Å². The van der Waals surface area contributed by atoms with Crippen LogP contribution in [0.25, 0.3) is 0 Å². The van der Waals surface area contributed by atoms with Crippen LogP contribution in [0.4, 0.5) is 0 Å². The summed E-state index contributed by atoms with van der Waals surface area (Å²) in [7, 11) is 0. The lowest BCUT2D eigenvalue weighted by Crippen LogP contribution is -1.94. The topological polar surface area (TPSA) is 33.1 Å². The van der Waals surface area contributed by atoms with Crippen LogP contribution in [0.3, 0.4) is 0 Å². The quantitative estimate of drug-likeness (QED) is 0.542. The minimum absolute atomic E-state index is 0.319. The fourth-order valence-electron chi connectivity index (χ4n) is 0.746. The lowest BCUT2D eigenvalue weighted by atomic mass is 10.2. The van der Waals surface area contributed by atoms with E-state index in [2.05, 4.69) is 11.6 Å². The van der Waals surface area contributed by atoms with Gasteiger partial charge in [-0.3, -0.25) is 0 Å². The summed E-state index contributed by atoms with van der Waals surface area (Å²) in [6.07, 6.45) is 2.25. The van der Waals surface area contributed by atoms with E-state index in [-0.39, 0.29) is 0 Å². The molecule has 1 heterocycles. The molecule has 0 aliphatic carbocycles. The molecule has 0 bridgehead atoms. The molecule has 1 aromatic heterocycles. The molecule has 1 N–H and O–H groups in total. The molecule has 1 rings (SSSR count). The van der Waals surface area contributed by atoms with Crippen molar-refractivity contribution < 1.29 is 5.11 Å². The summed E-state index contributed by atoms with van der Waals surface area (Å²) in [4.78, 5) is 3.81. The third-order valence-electron chi connectivity index (χ3n) is 1.33. The first-order chi connectivity index (χ1) is 5.25. The van der Waals surface area contributed by atoms with Crippen LogP contribution in [-0.4, -0.2) is 10.1 Å². The van der Waals surface area contributed by atoms with Gasteiger partial charge in [0.15, 0.2) is 0 Å². The average molecular weight is 170 g/mol. The number of rotatable bonds is 2. The summed E-state index contributed by atoms with van der Waals surface area (Å²) in [5, 5.41) is 9.59. The number of nitrogens with zero attached hydrogens (tertiary/aromatic N) is 1. The maximum atomic E-state index is 9.27. The SMILES string of the molecule is C=CC(O)c1cccnc1Cl. The van der Waals surface area contributed by atoms with E-state index < -0.39 is 6.10 Å². The van der Waals surface area contributed by atoms with Gasteiger partial charge >= 0.3 is 0 Å². The average Bonchev–Trinajstić information content (AvgIpc) is 2.04. The Morgan fingerprint density at radius 2 is 2.45 bits per heavy atom. The molecular weight excluding hydrogens is 162 g/mol. The summed E-state index contributed by atoms with van der Waals surface area (Å²) in [6, 6.07) is 3.43. The Balaban J connectivity index is 3.02. The molecule has 3 heteroatoms. The Hall–Kier alpha value is -0.860. The van der Waals surface area contributed by atoms with Crippen LogP contribution in [0.5, 0.6) is 0 Å². The van der Waals surface area contributed by atoms with E-state index in [0.29, 0.717) is 10.7 Å². The number of halogens is 1. The second-order valence-corrected chi connectivity index (χ2v) is 2.42. The highest BCUT2D eigenvalue weighted by atomic mass is 35.5. The van der Waals surface area contributed by atoms with E-state index in [4.69, 9.17) is 11.6 Å². The fourth-order valence-corrected chi connectivity index (χ4v) is 0.977. The van der Waals surface area contributed by atoms with Crippen molar-refractivity contribution in [2.75, 3.05) is 0 Å². The smallest absolute Gasteiger partial charge is 0.135 e. The molecule has 0 aliphatic rings. The van der Waals surface area contributed by atoms with E-state index in [1.54, 1.807) is 18.3 Å². The maximum Gasteiger partial charge on any atom is 0.135 e. The Labute approximate surface area is 70.2 Å². The number of pyridine rings is 1. The largest absolute Gasteiger partial charge is 0.384 e. The van der Waals surface area contributed by atoms with Crippen molar-refractivity contribution in [3.05, 3.63) is 41.7 Å². The number of aliphatic hydroxyl groups excluding tert-OH is 1. The summed E-state index contributed by atoms with van der Waals surface area (Å²) in [5.74, 6) is 0. The predicted molar refractivity (Wildman–Crippen MR) is 44.4 cm³/mol. The van der Waals surface area contributed by atoms with Crippen molar-refractivity contribution >= 4 is 11.6 Å². The van der Waals surface area contributed by atoms with Crippen molar-refractivity contribution in [1.29, 1.82) is 0 Å². The van der Waals surface area contributed by atoms with E-state index in [0.717, 1.165) is 0 Å². The van der Waals surface area contributed by atoms with Crippen LogP contribution < -0.4 is 0 Å².